The molecule has 23 heavy (non-hydrogen) atoms. The van der Waals surface area contributed by atoms with Crippen LogP contribution in [-0.4, -0.2) is 46.4 Å². The third kappa shape index (κ3) is 3.15. The fourth-order valence-corrected chi connectivity index (χ4v) is 3.95. The summed E-state index contributed by atoms with van der Waals surface area (Å²) < 4.78 is 1.78. The number of nitrogens with one attached hydrogen (secondary N) is 1. The summed E-state index contributed by atoms with van der Waals surface area (Å²) in [6, 6.07) is 3.61. The van der Waals surface area contributed by atoms with Crippen LogP contribution in [0, 0.1) is 5.92 Å². The van der Waals surface area contributed by atoms with Crippen molar-refractivity contribution in [2.75, 3.05) is 30.4 Å². The van der Waals surface area contributed by atoms with Crippen molar-refractivity contribution in [3.05, 3.63) is 28.2 Å². The van der Waals surface area contributed by atoms with Crippen LogP contribution in [0.25, 0.3) is 0 Å². The average Bonchev–Trinajstić information content (AvgIpc) is 2.50. The van der Waals surface area contributed by atoms with Crippen molar-refractivity contribution in [3.63, 3.8) is 0 Å². The molecule has 7 heteroatoms. The number of piperidine rings is 1. The number of hydrogen-bond acceptors (Lipinski definition) is 4. The Morgan fingerprint density at radius 1 is 1.30 bits per heavy atom. The van der Waals surface area contributed by atoms with Gasteiger partial charge < -0.3 is 14.8 Å². The van der Waals surface area contributed by atoms with Crippen molar-refractivity contribution in [2.24, 2.45) is 5.92 Å². The maximum atomic E-state index is 12.7. The summed E-state index contributed by atoms with van der Waals surface area (Å²) in [6.07, 6.45) is 2.86. The van der Waals surface area contributed by atoms with E-state index in [1.165, 1.54) is 11.8 Å². The standard InChI is InChI=1S/C16H21N3O3S/c1-10(20)18-6-11-5-12(8-18)14-4-3-13(16(22)19(14)7-11)17-15(21)9-23-2/h3-4,11-12H,5-9H2,1-2H3,(H,17,21)/t11-,12-/m1/s1. The highest BCUT2D eigenvalue weighted by Crippen LogP contribution is 2.35. The quantitative estimate of drug-likeness (QED) is 0.898. The first-order valence-corrected chi connectivity index (χ1v) is 9.17. The van der Waals surface area contributed by atoms with Crippen LogP contribution in [0.15, 0.2) is 16.9 Å². The molecule has 0 radical (unpaired) electrons. The van der Waals surface area contributed by atoms with Gasteiger partial charge in [0.1, 0.15) is 5.69 Å². The number of rotatable bonds is 3. The number of thioether (sulfide) groups is 1. The molecule has 124 valence electrons. The Morgan fingerprint density at radius 2 is 2.09 bits per heavy atom. The summed E-state index contributed by atoms with van der Waals surface area (Å²) in [7, 11) is 0. The Morgan fingerprint density at radius 3 is 2.78 bits per heavy atom. The number of nitrogens with zero attached hydrogens (tertiary/aromatic N) is 2. The van der Waals surface area contributed by atoms with Crippen LogP contribution in [0.4, 0.5) is 5.69 Å². The van der Waals surface area contributed by atoms with Crippen LogP contribution in [0.3, 0.4) is 0 Å². The lowest BCUT2D eigenvalue weighted by Crippen LogP contribution is -2.48. The number of aromatic nitrogens is 1. The highest BCUT2D eigenvalue weighted by Gasteiger charge is 2.35. The summed E-state index contributed by atoms with van der Waals surface area (Å²) in [5.41, 5.74) is 1.18. The van der Waals surface area contributed by atoms with E-state index in [9.17, 15) is 14.4 Å². The summed E-state index contributed by atoms with van der Waals surface area (Å²) >= 11 is 1.42. The summed E-state index contributed by atoms with van der Waals surface area (Å²) in [5.74, 6) is 0.778. The molecule has 3 rings (SSSR count). The molecule has 6 nitrogen and oxygen atoms in total. The van der Waals surface area contributed by atoms with Gasteiger partial charge in [0.15, 0.2) is 0 Å². The van der Waals surface area contributed by atoms with Gasteiger partial charge in [-0.15, -0.1) is 0 Å². The number of likely N-dealkylation sites (tertiary alicyclic amines) is 1. The summed E-state index contributed by atoms with van der Waals surface area (Å²) in [4.78, 5) is 37.9. The van der Waals surface area contributed by atoms with E-state index in [0.717, 1.165) is 12.1 Å². The van der Waals surface area contributed by atoms with Gasteiger partial charge in [-0.1, -0.05) is 0 Å². The first kappa shape index (κ1) is 16.1. The maximum Gasteiger partial charge on any atom is 0.274 e. The molecule has 1 N–H and O–H groups in total. The minimum absolute atomic E-state index is 0.0939. The Bertz CT molecular complexity index is 700. The number of amides is 2. The second-order valence-electron chi connectivity index (χ2n) is 6.29. The van der Waals surface area contributed by atoms with E-state index in [4.69, 9.17) is 0 Å². The Labute approximate surface area is 139 Å². The number of hydrogen-bond donors (Lipinski definition) is 1. The summed E-state index contributed by atoms with van der Waals surface area (Å²) in [5, 5.41) is 2.70. The minimum Gasteiger partial charge on any atom is -0.342 e. The highest BCUT2D eigenvalue weighted by atomic mass is 32.2. The van der Waals surface area contributed by atoms with Crippen molar-refractivity contribution in [1.29, 1.82) is 0 Å². The molecule has 1 aromatic rings. The van der Waals surface area contributed by atoms with Crippen LogP contribution < -0.4 is 10.9 Å². The Hall–Kier alpha value is -1.76. The van der Waals surface area contributed by atoms with E-state index in [-0.39, 0.29) is 23.3 Å². The van der Waals surface area contributed by atoms with Gasteiger partial charge in [0, 0.05) is 38.2 Å². The molecule has 0 saturated carbocycles. The third-order valence-corrected chi connectivity index (χ3v) is 5.15. The molecule has 0 aromatic carbocycles. The normalized spacial score (nSPS) is 22.4. The van der Waals surface area contributed by atoms with Crippen LogP contribution in [0.2, 0.25) is 0 Å². The predicted octanol–water partition coefficient (Wildman–Crippen LogP) is 1.12. The minimum atomic E-state index is -0.158. The SMILES string of the molecule is CSCC(=O)Nc1ccc2n(c1=O)C[C@@H]1C[C@@H]2CN(C(C)=O)C1. The van der Waals surface area contributed by atoms with Crippen molar-refractivity contribution in [1.82, 2.24) is 9.47 Å². The number of carbonyl (C=O) groups excluding carboxylic acids is 2. The van der Waals surface area contributed by atoms with Gasteiger partial charge in [-0.05, 0) is 30.7 Å². The molecule has 1 aromatic heterocycles. The number of fused-ring (bicyclic) bond motifs is 4. The van der Waals surface area contributed by atoms with Gasteiger partial charge in [0.2, 0.25) is 11.8 Å². The van der Waals surface area contributed by atoms with Gasteiger partial charge in [-0.25, -0.2) is 0 Å². The van der Waals surface area contributed by atoms with E-state index < -0.39 is 0 Å². The summed E-state index contributed by atoms with van der Waals surface area (Å²) in [6.45, 7) is 3.59. The van der Waals surface area contributed by atoms with E-state index in [2.05, 4.69) is 5.32 Å². The molecule has 2 aliphatic heterocycles. The smallest absolute Gasteiger partial charge is 0.274 e. The lowest BCUT2D eigenvalue weighted by molar-refractivity contribution is -0.131. The Kier molecular flexibility index (Phi) is 4.48. The first-order chi connectivity index (χ1) is 11.0. The molecular weight excluding hydrogens is 314 g/mol. The van der Waals surface area contributed by atoms with Gasteiger partial charge >= 0.3 is 0 Å². The predicted molar refractivity (Wildman–Crippen MR) is 90.8 cm³/mol. The highest BCUT2D eigenvalue weighted by molar-refractivity contribution is 7.99. The number of pyridine rings is 1. The van der Waals surface area contributed by atoms with Crippen LogP contribution >= 0.6 is 11.8 Å². The van der Waals surface area contributed by atoms with Crippen LogP contribution in [0.5, 0.6) is 0 Å². The van der Waals surface area contributed by atoms with Crippen LogP contribution in [-0.2, 0) is 16.1 Å². The van der Waals surface area contributed by atoms with Crippen molar-refractivity contribution in [2.45, 2.75) is 25.8 Å². The lowest BCUT2D eigenvalue weighted by atomic mass is 9.83. The van der Waals surface area contributed by atoms with Gasteiger partial charge in [-0.2, -0.15) is 11.8 Å². The second kappa shape index (κ2) is 6.39. The van der Waals surface area contributed by atoms with Crippen molar-refractivity contribution >= 4 is 29.3 Å². The largest absolute Gasteiger partial charge is 0.342 e. The number of carbonyl (C=O) groups is 2. The lowest BCUT2D eigenvalue weighted by Gasteiger charge is -2.42. The molecule has 0 unspecified atom stereocenters. The fourth-order valence-electron chi connectivity index (χ4n) is 3.62. The monoisotopic (exact) mass is 335 g/mol. The van der Waals surface area contributed by atoms with E-state index in [1.807, 2.05) is 17.2 Å². The molecule has 1 saturated heterocycles. The molecule has 0 aliphatic carbocycles. The zero-order valence-electron chi connectivity index (χ0n) is 13.4. The third-order valence-electron chi connectivity index (χ3n) is 4.60. The topological polar surface area (TPSA) is 71.4 Å². The molecular formula is C16H21N3O3S. The fraction of sp³-hybridized carbons (Fsp3) is 0.562. The van der Waals surface area contributed by atoms with Gasteiger partial charge in [0.25, 0.3) is 5.56 Å². The zero-order valence-corrected chi connectivity index (χ0v) is 14.2. The molecule has 2 atom stereocenters. The molecule has 3 heterocycles. The Balaban J connectivity index is 1.89. The zero-order chi connectivity index (χ0) is 16.6. The molecule has 0 spiro atoms. The molecule has 2 amide bonds. The number of anilines is 1. The van der Waals surface area contributed by atoms with E-state index >= 15 is 0 Å². The van der Waals surface area contributed by atoms with E-state index in [1.54, 1.807) is 17.6 Å². The van der Waals surface area contributed by atoms with Gasteiger partial charge in [-0.3, -0.25) is 14.4 Å². The first-order valence-electron chi connectivity index (χ1n) is 7.77. The van der Waals surface area contributed by atoms with E-state index in [0.29, 0.717) is 37.0 Å². The molecule has 1 fully saturated rings. The average molecular weight is 335 g/mol. The maximum absolute atomic E-state index is 12.7. The molecule has 2 bridgehead atoms. The van der Waals surface area contributed by atoms with Crippen molar-refractivity contribution in [3.8, 4) is 0 Å². The second-order valence-corrected chi connectivity index (χ2v) is 7.16. The van der Waals surface area contributed by atoms with Gasteiger partial charge in [0.05, 0.1) is 5.75 Å². The van der Waals surface area contributed by atoms with Crippen LogP contribution in [0.1, 0.15) is 25.0 Å². The van der Waals surface area contributed by atoms with Crippen molar-refractivity contribution < 1.29 is 9.59 Å². The molecule has 2 aliphatic rings.